The minimum atomic E-state index is -0.566. The molecule has 5 rings (SSSR count). The van der Waals surface area contributed by atoms with Crippen LogP contribution >= 0.6 is 0 Å². The van der Waals surface area contributed by atoms with E-state index in [4.69, 9.17) is 9.73 Å². The second kappa shape index (κ2) is 10.1. The molecule has 1 saturated carbocycles. The molecule has 1 aromatic heterocycles. The fourth-order valence-corrected chi connectivity index (χ4v) is 5.08. The van der Waals surface area contributed by atoms with Gasteiger partial charge in [-0.25, -0.2) is 9.79 Å². The largest absolute Gasteiger partial charge is 0.444 e. The number of nitrogens with one attached hydrogen (secondary N) is 1. The third-order valence-corrected chi connectivity index (χ3v) is 7.06. The van der Waals surface area contributed by atoms with Gasteiger partial charge in [0.15, 0.2) is 5.84 Å². The number of hydrogen-bond donors (Lipinski definition) is 1. The van der Waals surface area contributed by atoms with Crippen LogP contribution in [0.15, 0.2) is 53.8 Å². The molecule has 8 nitrogen and oxygen atoms in total. The highest BCUT2D eigenvalue weighted by Gasteiger charge is 2.31. The summed E-state index contributed by atoms with van der Waals surface area (Å²) in [6.45, 7) is 7.59. The van der Waals surface area contributed by atoms with E-state index in [-0.39, 0.29) is 11.9 Å². The average molecular weight is 504 g/mol. The van der Waals surface area contributed by atoms with Gasteiger partial charge in [0.05, 0.1) is 17.0 Å². The van der Waals surface area contributed by atoms with E-state index in [2.05, 4.69) is 33.1 Å². The predicted octanol–water partition coefficient (Wildman–Crippen LogP) is 4.65. The summed E-state index contributed by atoms with van der Waals surface area (Å²) in [5.74, 6) is 1.49. The van der Waals surface area contributed by atoms with Crippen LogP contribution in [0, 0.1) is 5.92 Å². The first-order valence-corrected chi connectivity index (χ1v) is 13.2. The summed E-state index contributed by atoms with van der Waals surface area (Å²) in [5, 5.41) is 2.94. The lowest BCUT2D eigenvalue weighted by Gasteiger charge is -2.34. The molecule has 3 heterocycles. The Morgan fingerprint density at radius 1 is 1.11 bits per heavy atom. The molecule has 0 bridgehead atoms. The third-order valence-electron chi connectivity index (χ3n) is 7.06. The maximum atomic E-state index is 13.9. The zero-order chi connectivity index (χ0) is 26.2. The molecule has 0 radical (unpaired) electrons. The molecule has 2 amide bonds. The van der Waals surface area contributed by atoms with Crippen molar-refractivity contribution >= 4 is 29.1 Å². The average Bonchev–Trinajstić information content (AvgIpc) is 3.58. The number of anilines is 1. The number of alkyl carbamates (subject to hydrolysis) is 1. The molecule has 1 saturated heterocycles. The normalized spacial score (nSPS) is 19.9. The molecule has 1 aromatic carbocycles. The van der Waals surface area contributed by atoms with Crippen molar-refractivity contribution in [3.63, 3.8) is 0 Å². The molecular weight excluding hydrogens is 466 g/mol. The lowest BCUT2D eigenvalue weighted by molar-refractivity contribution is -0.126. The van der Waals surface area contributed by atoms with Gasteiger partial charge >= 0.3 is 6.09 Å². The Bertz CT molecular complexity index is 1230. The van der Waals surface area contributed by atoms with Crippen LogP contribution in [0.4, 0.5) is 10.5 Å². The van der Waals surface area contributed by atoms with Crippen LogP contribution in [-0.2, 0) is 16.1 Å². The summed E-state index contributed by atoms with van der Waals surface area (Å²) < 4.78 is 7.69. The molecule has 2 fully saturated rings. The number of aliphatic imine (C=N–C) groups is 1. The summed E-state index contributed by atoms with van der Waals surface area (Å²) in [7, 11) is 2.01. The summed E-state index contributed by atoms with van der Waals surface area (Å²) in [6.07, 6.45) is 7.56. The summed E-state index contributed by atoms with van der Waals surface area (Å²) in [6, 6.07) is 12.0. The maximum absolute atomic E-state index is 13.9. The lowest BCUT2D eigenvalue weighted by atomic mass is 10.00. The smallest absolute Gasteiger partial charge is 0.407 e. The van der Waals surface area contributed by atoms with Crippen molar-refractivity contribution in [2.75, 3.05) is 25.0 Å². The number of carbonyl (C=O) groups is 2. The lowest BCUT2D eigenvalue weighted by Crippen LogP contribution is -2.50. The van der Waals surface area contributed by atoms with Crippen molar-refractivity contribution in [3.05, 3.63) is 60.1 Å². The Labute approximate surface area is 219 Å². The first-order valence-electron chi connectivity index (χ1n) is 13.2. The van der Waals surface area contributed by atoms with Crippen LogP contribution in [0.2, 0.25) is 0 Å². The topological polar surface area (TPSA) is 79.2 Å². The Morgan fingerprint density at radius 2 is 1.89 bits per heavy atom. The number of amides is 2. The highest BCUT2D eigenvalue weighted by Crippen LogP contribution is 2.34. The molecule has 3 aliphatic rings. The minimum Gasteiger partial charge on any atom is -0.444 e. The maximum Gasteiger partial charge on any atom is 0.407 e. The number of carbonyl (C=O) groups excluding carboxylic acids is 2. The Morgan fingerprint density at radius 3 is 2.65 bits per heavy atom. The second-order valence-electron chi connectivity index (χ2n) is 11.3. The van der Waals surface area contributed by atoms with Crippen molar-refractivity contribution in [3.8, 4) is 0 Å². The zero-order valence-corrected chi connectivity index (χ0v) is 22.2. The van der Waals surface area contributed by atoms with Crippen molar-refractivity contribution < 1.29 is 14.3 Å². The van der Waals surface area contributed by atoms with Gasteiger partial charge in [0, 0.05) is 50.7 Å². The number of hydrogen-bond acceptors (Lipinski definition) is 5. The molecule has 8 heteroatoms. The molecule has 2 aliphatic heterocycles. The monoisotopic (exact) mass is 503 g/mol. The van der Waals surface area contributed by atoms with E-state index >= 15 is 0 Å². The van der Waals surface area contributed by atoms with Gasteiger partial charge in [-0.3, -0.25) is 4.79 Å². The van der Waals surface area contributed by atoms with Gasteiger partial charge in [0.2, 0.25) is 0 Å². The van der Waals surface area contributed by atoms with E-state index < -0.39 is 11.7 Å². The van der Waals surface area contributed by atoms with Crippen molar-refractivity contribution in [1.82, 2.24) is 14.8 Å². The van der Waals surface area contributed by atoms with Gasteiger partial charge in [-0.2, -0.15) is 0 Å². The van der Waals surface area contributed by atoms with Crippen LogP contribution in [0.1, 0.15) is 57.7 Å². The number of likely N-dealkylation sites (tertiary alicyclic amines) is 1. The molecule has 196 valence electrons. The van der Waals surface area contributed by atoms with Gasteiger partial charge in [-0.1, -0.05) is 18.2 Å². The number of nitrogens with zero attached hydrogens (tertiary/aromatic N) is 4. The molecule has 0 unspecified atom stereocenters. The van der Waals surface area contributed by atoms with E-state index in [1.807, 2.05) is 57.0 Å². The van der Waals surface area contributed by atoms with E-state index in [0.29, 0.717) is 18.7 Å². The van der Waals surface area contributed by atoms with Gasteiger partial charge in [0.25, 0.3) is 5.91 Å². The van der Waals surface area contributed by atoms with Crippen molar-refractivity contribution in [1.29, 1.82) is 0 Å². The Kier molecular flexibility index (Phi) is 6.84. The number of para-hydroxylation sites is 1. The third kappa shape index (κ3) is 5.73. The van der Waals surface area contributed by atoms with Crippen LogP contribution in [-0.4, -0.2) is 59.1 Å². The van der Waals surface area contributed by atoms with E-state index in [0.717, 1.165) is 48.1 Å². The van der Waals surface area contributed by atoms with Crippen molar-refractivity contribution in [2.24, 2.45) is 10.9 Å². The van der Waals surface area contributed by atoms with Crippen LogP contribution in [0.3, 0.4) is 0 Å². The van der Waals surface area contributed by atoms with E-state index in [1.165, 1.54) is 12.8 Å². The quantitative estimate of drug-likeness (QED) is 0.644. The van der Waals surface area contributed by atoms with Crippen molar-refractivity contribution in [2.45, 2.75) is 64.6 Å². The number of benzene rings is 1. The highest BCUT2D eigenvalue weighted by molar-refractivity contribution is 6.23. The van der Waals surface area contributed by atoms with Gasteiger partial charge in [-0.15, -0.1) is 0 Å². The molecule has 1 aliphatic carbocycles. The fraction of sp³-hybridized carbons (Fsp3) is 0.483. The highest BCUT2D eigenvalue weighted by atomic mass is 16.6. The second-order valence-corrected chi connectivity index (χ2v) is 11.3. The number of amidine groups is 1. The zero-order valence-electron chi connectivity index (χ0n) is 22.2. The molecule has 37 heavy (non-hydrogen) atoms. The molecule has 1 N–H and O–H groups in total. The van der Waals surface area contributed by atoms with E-state index in [9.17, 15) is 9.59 Å². The molecule has 0 spiro atoms. The van der Waals surface area contributed by atoms with E-state index in [1.54, 1.807) is 6.20 Å². The summed E-state index contributed by atoms with van der Waals surface area (Å²) in [5.41, 5.74) is 2.85. The molecular formula is C29H37N5O3. The first-order chi connectivity index (χ1) is 17.7. The number of rotatable bonds is 5. The molecule has 2 aromatic rings. The number of piperidine rings is 1. The van der Waals surface area contributed by atoms with Crippen LogP contribution in [0.5, 0.6) is 0 Å². The fourth-order valence-electron chi connectivity index (χ4n) is 5.08. The van der Waals surface area contributed by atoms with Gasteiger partial charge in [0.1, 0.15) is 5.60 Å². The standard InChI is InChI=1S/C29H37N5O3/c1-29(2,3)37-28(36)31-21-9-7-16-34(19-21)27(35)23-17-30-26(32(4)24-11-6-5-10-22(23)24)25-12-8-15-33(25)18-20-13-14-20/h5-6,8,10-12,15,17,20-21H,7,9,13-14,16,18-19H2,1-4H3,(H,31,36)/t21-/m1/s1. The molecule has 1 atom stereocenters. The van der Waals surface area contributed by atoms with Gasteiger partial charge < -0.3 is 24.4 Å². The van der Waals surface area contributed by atoms with Gasteiger partial charge in [-0.05, 0) is 70.6 Å². The minimum absolute atomic E-state index is 0.0742. The van der Waals surface area contributed by atoms with Crippen LogP contribution < -0.4 is 10.2 Å². The SMILES string of the molecule is CN1C(c2cccn2CC2CC2)=NC=C(C(=O)N2CCC[C@@H](NC(=O)OC(C)(C)C)C2)c2ccccc21. The predicted molar refractivity (Wildman–Crippen MR) is 145 cm³/mol. The summed E-state index contributed by atoms with van der Waals surface area (Å²) in [4.78, 5) is 35.0. The number of aromatic nitrogens is 1. The van der Waals surface area contributed by atoms with Crippen LogP contribution in [0.25, 0.3) is 5.57 Å². The Balaban J connectivity index is 1.40. The number of fused-ring (bicyclic) bond motifs is 1. The summed E-state index contributed by atoms with van der Waals surface area (Å²) >= 11 is 0. The first kappa shape index (κ1) is 25.1. The number of ether oxygens (including phenoxy) is 1. The Hall–Kier alpha value is -3.55.